The van der Waals surface area contributed by atoms with Crippen molar-refractivity contribution in [2.24, 2.45) is 5.16 Å². The van der Waals surface area contributed by atoms with Crippen molar-refractivity contribution in [2.75, 3.05) is 18.6 Å². The van der Waals surface area contributed by atoms with E-state index in [0.29, 0.717) is 17.9 Å². The van der Waals surface area contributed by atoms with E-state index in [1.54, 1.807) is 17.4 Å². The van der Waals surface area contributed by atoms with Crippen molar-refractivity contribution in [3.05, 3.63) is 45.8 Å². The number of nitrogens with zero attached hydrogens (tertiary/aromatic N) is 5. The molecule has 2 aromatic rings. The van der Waals surface area contributed by atoms with Crippen LogP contribution in [0.1, 0.15) is 10.8 Å². The molecule has 1 saturated heterocycles. The molecule has 1 fully saturated rings. The van der Waals surface area contributed by atoms with Crippen LogP contribution in [-0.2, 0) is 25.8 Å². The zero-order valence-electron chi connectivity index (χ0n) is 18.0. The summed E-state index contributed by atoms with van der Waals surface area (Å²) in [5.74, 6) is -2.12. The number of hydrogen-bond acceptors (Lipinski definition) is 11. The Labute approximate surface area is 206 Å². The Morgan fingerprint density at radius 2 is 2.29 bits per heavy atom. The zero-order chi connectivity index (χ0) is 24.4. The molecule has 0 spiro atoms. The predicted octanol–water partition coefficient (Wildman–Crippen LogP) is 0.123. The SMILES string of the molecule is CON=C(C(=O)NC1C(=O)N2C(C(=O)O)=C(C=CC[n+]3ccsc3C)CS[C@H]12)c1nsc(N)n1. The van der Waals surface area contributed by atoms with Crippen LogP contribution in [0.15, 0.2) is 40.2 Å². The number of thioether (sulfide) groups is 1. The van der Waals surface area contributed by atoms with E-state index in [1.165, 1.54) is 23.8 Å². The summed E-state index contributed by atoms with van der Waals surface area (Å²) in [5.41, 5.74) is 5.79. The van der Waals surface area contributed by atoms with Gasteiger partial charge in [0.1, 0.15) is 24.2 Å². The molecule has 4 N–H and O–H groups in total. The van der Waals surface area contributed by atoms with E-state index in [4.69, 9.17) is 10.6 Å². The van der Waals surface area contributed by atoms with Gasteiger partial charge in [0.05, 0.1) is 5.38 Å². The van der Waals surface area contributed by atoms with Crippen molar-refractivity contribution in [2.45, 2.75) is 24.9 Å². The van der Waals surface area contributed by atoms with Crippen molar-refractivity contribution in [3.8, 4) is 0 Å². The molecular formula is C19H20N7O5S3+. The van der Waals surface area contributed by atoms with Crippen molar-refractivity contribution < 1.29 is 28.9 Å². The van der Waals surface area contributed by atoms with E-state index < -0.39 is 29.2 Å². The van der Waals surface area contributed by atoms with Gasteiger partial charge in [-0.3, -0.25) is 14.5 Å². The van der Waals surface area contributed by atoms with Gasteiger partial charge in [0, 0.05) is 24.2 Å². The number of aryl methyl sites for hydroxylation is 1. The molecular weight excluding hydrogens is 502 g/mol. The van der Waals surface area contributed by atoms with Crippen LogP contribution in [0.25, 0.3) is 0 Å². The van der Waals surface area contributed by atoms with Crippen molar-refractivity contribution in [1.29, 1.82) is 0 Å². The Hall–Kier alpha value is -3.30. The first-order valence-electron chi connectivity index (χ1n) is 9.84. The molecule has 0 aromatic carbocycles. The van der Waals surface area contributed by atoms with E-state index in [2.05, 4.69) is 19.8 Å². The third-order valence-electron chi connectivity index (χ3n) is 5.04. The first kappa shape index (κ1) is 23.8. The lowest BCUT2D eigenvalue weighted by Crippen LogP contribution is -2.71. The van der Waals surface area contributed by atoms with E-state index in [-0.39, 0.29) is 22.4 Å². The Balaban J connectivity index is 1.49. The molecule has 12 nitrogen and oxygen atoms in total. The number of hydrogen-bond donors (Lipinski definition) is 3. The van der Waals surface area contributed by atoms with Crippen LogP contribution in [0.3, 0.4) is 0 Å². The Morgan fingerprint density at radius 3 is 2.91 bits per heavy atom. The maximum Gasteiger partial charge on any atom is 0.352 e. The molecule has 4 rings (SSSR count). The number of β-lactam (4-membered cyclic amide) rings is 1. The third kappa shape index (κ3) is 4.53. The number of nitrogens with two attached hydrogens (primary N) is 1. The van der Waals surface area contributed by atoms with Gasteiger partial charge >= 0.3 is 5.97 Å². The number of nitrogens with one attached hydrogen (secondary N) is 1. The van der Waals surface area contributed by atoms with Crippen LogP contribution in [-0.4, -0.2) is 67.1 Å². The van der Waals surface area contributed by atoms with Gasteiger partial charge < -0.3 is 21.0 Å². The van der Waals surface area contributed by atoms with Gasteiger partial charge in [-0.1, -0.05) is 22.6 Å². The molecule has 2 aromatic heterocycles. The molecule has 1 unspecified atom stereocenters. The fourth-order valence-corrected chi connectivity index (χ4v) is 5.89. The zero-order valence-corrected chi connectivity index (χ0v) is 20.4. The monoisotopic (exact) mass is 522 g/mol. The highest BCUT2D eigenvalue weighted by Crippen LogP contribution is 2.40. The number of rotatable bonds is 8. The number of nitrogen functional groups attached to an aromatic ring is 1. The average Bonchev–Trinajstić information content (AvgIpc) is 3.42. The van der Waals surface area contributed by atoms with E-state index in [1.807, 2.05) is 29.1 Å². The van der Waals surface area contributed by atoms with Crippen LogP contribution in [0.2, 0.25) is 0 Å². The van der Waals surface area contributed by atoms with Gasteiger partial charge in [-0.05, 0) is 11.6 Å². The molecule has 2 atom stereocenters. The van der Waals surface area contributed by atoms with Crippen LogP contribution in [0.4, 0.5) is 5.13 Å². The summed E-state index contributed by atoms with van der Waals surface area (Å²) < 4.78 is 5.98. The maximum atomic E-state index is 12.9. The minimum absolute atomic E-state index is 0.0287. The first-order chi connectivity index (χ1) is 16.3. The van der Waals surface area contributed by atoms with Crippen LogP contribution in [0.5, 0.6) is 0 Å². The summed E-state index contributed by atoms with van der Waals surface area (Å²) in [4.78, 5) is 47.5. The molecule has 178 valence electrons. The second-order valence-corrected chi connectivity index (χ2v) is 10.1. The number of anilines is 1. The lowest BCUT2D eigenvalue weighted by atomic mass is 10.0. The van der Waals surface area contributed by atoms with Crippen LogP contribution >= 0.6 is 34.6 Å². The second kappa shape index (κ2) is 9.90. The lowest BCUT2D eigenvalue weighted by molar-refractivity contribution is -0.687. The highest BCUT2D eigenvalue weighted by molar-refractivity contribution is 8.00. The molecule has 0 radical (unpaired) electrons. The van der Waals surface area contributed by atoms with E-state index >= 15 is 0 Å². The van der Waals surface area contributed by atoms with Gasteiger partial charge in [0.15, 0.2) is 17.9 Å². The maximum absolute atomic E-state index is 12.9. The molecule has 2 amide bonds. The van der Waals surface area contributed by atoms with Crippen LogP contribution in [0, 0.1) is 6.92 Å². The smallest absolute Gasteiger partial charge is 0.352 e. The number of carboxylic acids is 1. The van der Waals surface area contributed by atoms with Gasteiger partial charge in [-0.15, -0.1) is 11.8 Å². The van der Waals surface area contributed by atoms with Gasteiger partial charge in [0.2, 0.25) is 16.5 Å². The third-order valence-corrected chi connectivity index (χ3v) is 7.72. The summed E-state index contributed by atoms with van der Waals surface area (Å²) in [7, 11) is 1.26. The standard InChI is InChI=1S/C19H19N7O5S3/c1-9-25(6-7-32-9)5-3-4-10-8-33-17-12(16(28)26(17)13(10)18(29)30)21-15(27)11(23-31-2)14-22-19(20)34-24-14/h3-4,6-7,12,17H,5,8H2,1-2H3,(H3-,20,21,22,24,27,29,30)/p+1/t12?,17-/m1/s1. The van der Waals surface area contributed by atoms with Crippen molar-refractivity contribution in [3.63, 3.8) is 0 Å². The summed E-state index contributed by atoms with van der Waals surface area (Å²) in [5, 5.41) is 18.7. The van der Waals surface area contributed by atoms with Crippen molar-refractivity contribution in [1.82, 2.24) is 19.6 Å². The number of carbonyl (C=O) groups excluding carboxylic acids is 2. The second-order valence-electron chi connectivity index (χ2n) is 7.10. The largest absolute Gasteiger partial charge is 0.477 e. The topological polar surface area (TPSA) is 164 Å². The molecule has 2 aliphatic heterocycles. The van der Waals surface area contributed by atoms with Gasteiger partial charge in [-0.2, -0.15) is 13.9 Å². The fraction of sp³-hybridized carbons (Fsp3) is 0.316. The molecule has 0 saturated carbocycles. The molecule has 15 heteroatoms. The minimum atomic E-state index is -1.20. The summed E-state index contributed by atoms with van der Waals surface area (Å²) in [6.07, 6.45) is 5.55. The number of allylic oxidation sites excluding steroid dienone is 2. The van der Waals surface area contributed by atoms with Gasteiger partial charge in [-0.25, -0.2) is 4.79 Å². The summed E-state index contributed by atoms with van der Waals surface area (Å²) >= 11 is 3.87. The van der Waals surface area contributed by atoms with Crippen LogP contribution < -0.4 is 15.6 Å². The molecule has 34 heavy (non-hydrogen) atoms. The normalized spacial score (nSPS) is 20.4. The molecule has 0 bridgehead atoms. The average molecular weight is 523 g/mol. The number of oxime groups is 1. The highest BCUT2D eigenvalue weighted by atomic mass is 32.2. The number of carbonyl (C=O) groups is 3. The van der Waals surface area contributed by atoms with E-state index in [0.717, 1.165) is 16.5 Å². The van der Waals surface area contributed by atoms with E-state index in [9.17, 15) is 19.5 Å². The van der Waals surface area contributed by atoms with Crippen molar-refractivity contribution >= 4 is 63.3 Å². The Kier molecular flexibility index (Phi) is 6.95. The number of thiazole rings is 1. The molecule has 0 aliphatic carbocycles. The minimum Gasteiger partial charge on any atom is -0.477 e. The van der Waals surface area contributed by atoms with Gasteiger partial charge in [0.25, 0.3) is 11.8 Å². The number of fused-ring (bicyclic) bond motifs is 1. The summed E-state index contributed by atoms with van der Waals surface area (Å²) in [6.45, 7) is 2.58. The lowest BCUT2D eigenvalue weighted by Gasteiger charge is -2.49. The Morgan fingerprint density at radius 1 is 1.50 bits per heavy atom. The quantitative estimate of drug-likeness (QED) is 0.189. The predicted molar refractivity (Wildman–Crippen MR) is 126 cm³/mol. The molecule has 4 heterocycles. The number of aliphatic carboxylic acids is 1. The number of amides is 2. The number of carboxylic acid groups (broad SMARTS) is 1. The Bertz CT molecular complexity index is 1230. The highest BCUT2D eigenvalue weighted by Gasteiger charge is 2.54. The first-order valence-corrected chi connectivity index (χ1v) is 12.5. The molecule has 2 aliphatic rings. The number of aromatic nitrogens is 3. The fourth-order valence-electron chi connectivity index (χ4n) is 3.46. The summed E-state index contributed by atoms with van der Waals surface area (Å²) in [6, 6.07) is -0.931.